The molecule has 0 atom stereocenters. The highest BCUT2D eigenvalue weighted by molar-refractivity contribution is 6.29. The van der Waals surface area contributed by atoms with Crippen LogP contribution in [0.2, 0.25) is 5.15 Å². The van der Waals surface area contributed by atoms with E-state index in [0.29, 0.717) is 11.1 Å². The summed E-state index contributed by atoms with van der Waals surface area (Å²) in [6, 6.07) is 1.83. The third kappa shape index (κ3) is 2.59. The molecule has 0 unspecified atom stereocenters. The first-order valence-electron chi connectivity index (χ1n) is 6.55. The monoisotopic (exact) mass is 267 g/mol. The minimum atomic E-state index is -0.535. The lowest BCUT2D eigenvalue weighted by atomic mass is 9.94. The van der Waals surface area contributed by atoms with Gasteiger partial charge in [0, 0.05) is 25.1 Å². The number of hydrogen-bond acceptors (Lipinski definition) is 4. The standard InChI is InChI=1S/C13H18ClN3O/c1-13(18)4-6-17(7-5-13)11-8-10(14)15-12(16-11)9-2-3-9/h8-9,18H,2-7H2,1H3. The Labute approximate surface area is 112 Å². The van der Waals surface area contributed by atoms with Gasteiger partial charge in [0.1, 0.15) is 16.8 Å². The zero-order chi connectivity index (χ0) is 12.8. The molecule has 98 valence electrons. The molecule has 1 aromatic rings. The van der Waals surface area contributed by atoms with Gasteiger partial charge in [-0.15, -0.1) is 0 Å². The fourth-order valence-corrected chi connectivity index (χ4v) is 2.51. The molecule has 4 nitrogen and oxygen atoms in total. The number of piperidine rings is 1. The molecule has 0 bridgehead atoms. The van der Waals surface area contributed by atoms with Crippen LogP contribution in [0.1, 0.15) is 44.3 Å². The quantitative estimate of drug-likeness (QED) is 0.836. The molecule has 5 heteroatoms. The largest absolute Gasteiger partial charge is 0.390 e. The lowest BCUT2D eigenvalue weighted by Crippen LogP contribution is -2.42. The molecule has 1 saturated carbocycles. The van der Waals surface area contributed by atoms with E-state index in [-0.39, 0.29) is 0 Å². The molecule has 1 N–H and O–H groups in total. The van der Waals surface area contributed by atoms with E-state index in [1.807, 2.05) is 13.0 Å². The van der Waals surface area contributed by atoms with Crippen molar-refractivity contribution in [1.82, 2.24) is 9.97 Å². The van der Waals surface area contributed by atoms with Crippen molar-refractivity contribution in [2.24, 2.45) is 0 Å². The van der Waals surface area contributed by atoms with Gasteiger partial charge < -0.3 is 10.0 Å². The van der Waals surface area contributed by atoms with E-state index >= 15 is 0 Å². The number of aromatic nitrogens is 2. The summed E-state index contributed by atoms with van der Waals surface area (Å²) in [6.07, 6.45) is 3.89. The Morgan fingerprint density at radius 3 is 2.61 bits per heavy atom. The molecule has 0 spiro atoms. The number of aliphatic hydroxyl groups is 1. The average Bonchev–Trinajstić information content (AvgIpc) is 3.11. The van der Waals surface area contributed by atoms with Crippen LogP contribution in [0.4, 0.5) is 5.82 Å². The number of nitrogens with zero attached hydrogens (tertiary/aromatic N) is 3. The lowest BCUT2D eigenvalue weighted by molar-refractivity contribution is 0.0350. The molecule has 0 aromatic carbocycles. The highest BCUT2D eigenvalue weighted by Crippen LogP contribution is 2.39. The molecular weight excluding hydrogens is 250 g/mol. The van der Waals surface area contributed by atoms with Crippen molar-refractivity contribution in [3.05, 3.63) is 17.0 Å². The van der Waals surface area contributed by atoms with Crippen LogP contribution < -0.4 is 4.90 Å². The van der Waals surface area contributed by atoms with E-state index in [9.17, 15) is 5.11 Å². The van der Waals surface area contributed by atoms with E-state index in [1.165, 1.54) is 12.8 Å². The lowest BCUT2D eigenvalue weighted by Gasteiger charge is -2.36. The van der Waals surface area contributed by atoms with Crippen molar-refractivity contribution < 1.29 is 5.11 Å². The van der Waals surface area contributed by atoms with Gasteiger partial charge >= 0.3 is 0 Å². The van der Waals surface area contributed by atoms with Crippen molar-refractivity contribution in [3.63, 3.8) is 0 Å². The molecule has 2 fully saturated rings. The van der Waals surface area contributed by atoms with Gasteiger partial charge in [-0.2, -0.15) is 0 Å². The number of anilines is 1. The molecule has 0 amide bonds. The van der Waals surface area contributed by atoms with Crippen LogP contribution in [-0.2, 0) is 0 Å². The number of rotatable bonds is 2. The van der Waals surface area contributed by atoms with Crippen LogP contribution in [0, 0.1) is 0 Å². The average molecular weight is 268 g/mol. The molecule has 0 radical (unpaired) electrons. The van der Waals surface area contributed by atoms with E-state index in [2.05, 4.69) is 14.9 Å². The molecule has 3 rings (SSSR count). The van der Waals surface area contributed by atoms with Gasteiger partial charge in [0.15, 0.2) is 0 Å². The Morgan fingerprint density at radius 2 is 2.00 bits per heavy atom. The topological polar surface area (TPSA) is 49.2 Å². The maximum atomic E-state index is 9.96. The van der Waals surface area contributed by atoms with Crippen molar-refractivity contribution in [1.29, 1.82) is 0 Å². The van der Waals surface area contributed by atoms with Crippen LogP contribution in [0.5, 0.6) is 0 Å². The Hall–Kier alpha value is -0.870. The highest BCUT2D eigenvalue weighted by Gasteiger charge is 2.30. The summed E-state index contributed by atoms with van der Waals surface area (Å²) < 4.78 is 0. The Balaban J connectivity index is 1.79. The molecule has 1 aromatic heterocycles. The third-order valence-corrected chi connectivity index (χ3v) is 4.00. The van der Waals surface area contributed by atoms with E-state index in [1.54, 1.807) is 0 Å². The molecule has 1 aliphatic heterocycles. The van der Waals surface area contributed by atoms with Gasteiger partial charge in [0.25, 0.3) is 0 Å². The summed E-state index contributed by atoms with van der Waals surface area (Å²) in [5.74, 6) is 2.30. The first-order chi connectivity index (χ1) is 8.53. The van der Waals surface area contributed by atoms with Gasteiger partial charge in [0.2, 0.25) is 0 Å². The minimum Gasteiger partial charge on any atom is -0.390 e. The van der Waals surface area contributed by atoms with Gasteiger partial charge in [-0.1, -0.05) is 11.6 Å². The van der Waals surface area contributed by atoms with Crippen LogP contribution in [-0.4, -0.2) is 33.8 Å². The van der Waals surface area contributed by atoms with Crippen LogP contribution in [0.15, 0.2) is 6.07 Å². The maximum absolute atomic E-state index is 9.96. The molecule has 1 saturated heterocycles. The van der Waals surface area contributed by atoms with Gasteiger partial charge in [-0.25, -0.2) is 9.97 Å². The number of halogens is 1. The number of hydrogen-bond donors (Lipinski definition) is 1. The van der Waals surface area contributed by atoms with Crippen LogP contribution >= 0.6 is 11.6 Å². The fraction of sp³-hybridized carbons (Fsp3) is 0.692. The molecule has 1 aliphatic carbocycles. The highest BCUT2D eigenvalue weighted by atomic mass is 35.5. The zero-order valence-corrected chi connectivity index (χ0v) is 11.3. The van der Waals surface area contributed by atoms with Gasteiger partial charge in [-0.3, -0.25) is 0 Å². The van der Waals surface area contributed by atoms with Gasteiger partial charge in [0.05, 0.1) is 5.60 Å². The summed E-state index contributed by atoms with van der Waals surface area (Å²) in [7, 11) is 0. The SMILES string of the molecule is CC1(O)CCN(c2cc(Cl)nc(C3CC3)n2)CC1. The summed E-state index contributed by atoms with van der Waals surface area (Å²) in [5, 5.41) is 10.5. The second-order valence-corrected chi connectivity index (χ2v) is 6.05. The molecule has 2 heterocycles. The first-order valence-corrected chi connectivity index (χ1v) is 6.93. The normalized spacial score (nSPS) is 23.2. The first kappa shape index (κ1) is 12.2. The second kappa shape index (κ2) is 4.35. The maximum Gasteiger partial charge on any atom is 0.135 e. The van der Waals surface area contributed by atoms with Crippen LogP contribution in [0.3, 0.4) is 0 Å². The zero-order valence-electron chi connectivity index (χ0n) is 10.6. The predicted molar refractivity (Wildman–Crippen MR) is 71.1 cm³/mol. The molecule has 2 aliphatic rings. The summed E-state index contributed by atoms with van der Waals surface area (Å²) in [4.78, 5) is 11.1. The van der Waals surface area contributed by atoms with Crippen molar-refractivity contribution in [2.45, 2.75) is 44.1 Å². The van der Waals surface area contributed by atoms with Crippen LogP contribution in [0.25, 0.3) is 0 Å². The summed E-state index contributed by atoms with van der Waals surface area (Å²) in [5.41, 5.74) is -0.535. The van der Waals surface area contributed by atoms with Crippen molar-refractivity contribution >= 4 is 17.4 Å². The van der Waals surface area contributed by atoms with E-state index in [4.69, 9.17) is 11.6 Å². The predicted octanol–water partition coefficient (Wildman–Crippen LogP) is 2.36. The smallest absolute Gasteiger partial charge is 0.135 e. The summed E-state index contributed by atoms with van der Waals surface area (Å²) in [6.45, 7) is 3.54. The Bertz CT molecular complexity index is 450. The van der Waals surface area contributed by atoms with E-state index in [0.717, 1.165) is 37.6 Å². The molecular formula is C13H18ClN3O. The van der Waals surface area contributed by atoms with Gasteiger partial charge in [-0.05, 0) is 32.6 Å². The van der Waals surface area contributed by atoms with Crippen molar-refractivity contribution in [2.75, 3.05) is 18.0 Å². The summed E-state index contributed by atoms with van der Waals surface area (Å²) >= 11 is 6.07. The minimum absolute atomic E-state index is 0.510. The third-order valence-electron chi connectivity index (χ3n) is 3.81. The fourth-order valence-electron chi connectivity index (χ4n) is 2.33. The van der Waals surface area contributed by atoms with E-state index < -0.39 is 5.60 Å². The Morgan fingerprint density at radius 1 is 1.33 bits per heavy atom. The van der Waals surface area contributed by atoms with Crippen molar-refractivity contribution in [3.8, 4) is 0 Å². The molecule has 18 heavy (non-hydrogen) atoms. The second-order valence-electron chi connectivity index (χ2n) is 5.67. The Kier molecular flexibility index (Phi) is 2.94.